The van der Waals surface area contributed by atoms with Gasteiger partial charge in [0.15, 0.2) is 6.61 Å². The first kappa shape index (κ1) is 13.5. The van der Waals surface area contributed by atoms with Gasteiger partial charge in [0.25, 0.3) is 5.91 Å². The maximum Gasteiger partial charge on any atom is 0.317 e. The van der Waals surface area contributed by atoms with Crippen LogP contribution in [0, 0.1) is 0 Å². The third kappa shape index (κ3) is 4.84. The topological polar surface area (TPSA) is 72.9 Å². The molecule has 0 unspecified atom stereocenters. The second-order valence-corrected chi connectivity index (χ2v) is 3.73. The highest BCUT2D eigenvalue weighted by Crippen LogP contribution is 2.07. The summed E-state index contributed by atoms with van der Waals surface area (Å²) in [6.45, 7) is 3.01. The van der Waals surface area contributed by atoms with E-state index in [9.17, 15) is 14.4 Å². The van der Waals surface area contributed by atoms with Gasteiger partial charge >= 0.3 is 11.9 Å². The van der Waals surface area contributed by atoms with E-state index in [4.69, 9.17) is 4.74 Å². The molecule has 1 aliphatic rings. The Morgan fingerprint density at radius 1 is 1.06 bits per heavy atom. The Bertz CT molecular complexity index is 296. The number of amides is 1. The number of carbonyl (C=O) groups excluding carboxylic acids is 3. The van der Waals surface area contributed by atoms with Crippen LogP contribution in [0.3, 0.4) is 0 Å². The minimum atomic E-state index is -0.726. The average Bonchev–Trinajstić information content (AvgIpc) is 2.79. The molecule has 1 amide bonds. The third-order valence-electron chi connectivity index (χ3n) is 2.41. The summed E-state index contributed by atoms with van der Waals surface area (Å²) in [6, 6.07) is 0. The fourth-order valence-electron chi connectivity index (χ4n) is 1.58. The average molecular weight is 243 g/mol. The predicted molar refractivity (Wildman–Crippen MR) is 58.0 cm³/mol. The molecule has 0 aromatic carbocycles. The van der Waals surface area contributed by atoms with Crippen molar-refractivity contribution in [2.24, 2.45) is 0 Å². The van der Waals surface area contributed by atoms with Crippen LogP contribution >= 0.6 is 0 Å². The maximum absolute atomic E-state index is 11.5. The van der Waals surface area contributed by atoms with Gasteiger partial charge in [0, 0.05) is 13.1 Å². The third-order valence-corrected chi connectivity index (χ3v) is 2.41. The van der Waals surface area contributed by atoms with Crippen LogP contribution in [0.4, 0.5) is 0 Å². The summed E-state index contributed by atoms with van der Waals surface area (Å²) in [4.78, 5) is 35.2. The Morgan fingerprint density at radius 3 is 2.24 bits per heavy atom. The predicted octanol–water partition coefficient (Wildman–Crippen LogP) is 0.105. The summed E-state index contributed by atoms with van der Waals surface area (Å²) in [6.07, 6.45) is 1.53. The second-order valence-electron chi connectivity index (χ2n) is 3.73. The number of hydrogen-bond acceptors (Lipinski definition) is 5. The van der Waals surface area contributed by atoms with Gasteiger partial charge in [-0.15, -0.1) is 0 Å². The molecule has 1 saturated heterocycles. The van der Waals surface area contributed by atoms with E-state index >= 15 is 0 Å². The fraction of sp³-hybridized carbons (Fsp3) is 0.727. The lowest BCUT2D eigenvalue weighted by Crippen LogP contribution is -2.32. The number of carbonyl (C=O) groups is 3. The maximum atomic E-state index is 11.5. The zero-order chi connectivity index (χ0) is 12.7. The first-order valence-corrected chi connectivity index (χ1v) is 5.72. The van der Waals surface area contributed by atoms with E-state index in [0.717, 1.165) is 12.8 Å². The van der Waals surface area contributed by atoms with E-state index in [1.165, 1.54) is 0 Å². The molecule has 0 bridgehead atoms. The molecule has 1 rings (SSSR count). The van der Waals surface area contributed by atoms with Crippen molar-refractivity contribution in [2.45, 2.75) is 26.2 Å². The van der Waals surface area contributed by atoms with Crippen LogP contribution in [-0.2, 0) is 23.9 Å². The largest absolute Gasteiger partial charge is 0.466 e. The quantitative estimate of drug-likeness (QED) is 0.506. The van der Waals surface area contributed by atoms with Gasteiger partial charge in [-0.1, -0.05) is 0 Å². The van der Waals surface area contributed by atoms with Crippen molar-refractivity contribution >= 4 is 17.8 Å². The highest BCUT2D eigenvalue weighted by atomic mass is 16.6. The molecular weight excluding hydrogens is 226 g/mol. The fourth-order valence-corrected chi connectivity index (χ4v) is 1.58. The van der Waals surface area contributed by atoms with E-state index in [0.29, 0.717) is 13.1 Å². The smallest absolute Gasteiger partial charge is 0.317 e. The van der Waals surface area contributed by atoms with E-state index in [2.05, 4.69) is 4.74 Å². The zero-order valence-electron chi connectivity index (χ0n) is 9.94. The van der Waals surface area contributed by atoms with E-state index in [1.807, 2.05) is 0 Å². The number of rotatable bonds is 5. The van der Waals surface area contributed by atoms with Gasteiger partial charge in [0.1, 0.15) is 6.42 Å². The molecule has 1 heterocycles. The Hall–Kier alpha value is -1.59. The molecule has 1 aliphatic heterocycles. The molecule has 0 aromatic rings. The standard InChI is InChI=1S/C11H17NO5/c1-2-16-10(14)7-11(15)17-8-9(13)12-5-3-4-6-12/h2-8H2,1H3. The van der Waals surface area contributed by atoms with Crippen molar-refractivity contribution in [2.75, 3.05) is 26.3 Å². The van der Waals surface area contributed by atoms with Crippen LogP contribution in [0.15, 0.2) is 0 Å². The summed E-state index contributed by atoms with van der Waals surface area (Å²) < 4.78 is 9.29. The van der Waals surface area contributed by atoms with Gasteiger partial charge in [-0.2, -0.15) is 0 Å². The van der Waals surface area contributed by atoms with E-state index in [-0.39, 0.29) is 19.1 Å². The van der Waals surface area contributed by atoms with Crippen LogP contribution in [-0.4, -0.2) is 49.0 Å². The summed E-state index contributed by atoms with van der Waals surface area (Å²) in [5.41, 5.74) is 0. The summed E-state index contributed by atoms with van der Waals surface area (Å²) in [7, 11) is 0. The molecule has 0 aliphatic carbocycles. The molecule has 0 spiro atoms. The summed E-state index contributed by atoms with van der Waals surface area (Å²) >= 11 is 0. The van der Waals surface area contributed by atoms with Gasteiger partial charge in [-0.3, -0.25) is 14.4 Å². The van der Waals surface area contributed by atoms with Gasteiger partial charge < -0.3 is 14.4 Å². The lowest BCUT2D eigenvalue weighted by Gasteiger charge is -2.14. The van der Waals surface area contributed by atoms with E-state index < -0.39 is 18.4 Å². The molecule has 0 aromatic heterocycles. The molecule has 0 radical (unpaired) electrons. The molecule has 17 heavy (non-hydrogen) atoms. The molecule has 96 valence electrons. The van der Waals surface area contributed by atoms with Crippen LogP contribution < -0.4 is 0 Å². The monoisotopic (exact) mass is 243 g/mol. The SMILES string of the molecule is CCOC(=O)CC(=O)OCC(=O)N1CCCC1. The van der Waals surface area contributed by atoms with Gasteiger partial charge in [-0.25, -0.2) is 0 Å². The van der Waals surface area contributed by atoms with Crippen LogP contribution in [0.5, 0.6) is 0 Å². The number of likely N-dealkylation sites (tertiary alicyclic amines) is 1. The van der Waals surface area contributed by atoms with Gasteiger partial charge in [0.2, 0.25) is 0 Å². The number of ether oxygens (including phenoxy) is 2. The van der Waals surface area contributed by atoms with Crippen LogP contribution in [0.25, 0.3) is 0 Å². The van der Waals surface area contributed by atoms with Gasteiger partial charge in [0.05, 0.1) is 6.61 Å². The van der Waals surface area contributed by atoms with Crippen molar-refractivity contribution in [1.29, 1.82) is 0 Å². The normalized spacial score (nSPS) is 14.5. The van der Waals surface area contributed by atoms with Crippen molar-refractivity contribution in [3.8, 4) is 0 Å². The lowest BCUT2D eigenvalue weighted by molar-refractivity contribution is -0.158. The molecule has 0 N–H and O–H groups in total. The van der Waals surface area contributed by atoms with Crippen LogP contribution in [0.2, 0.25) is 0 Å². The molecule has 6 nitrogen and oxygen atoms in total. The first-order chi connectivity index (χ1) is 8.13. The molecular formula is C11H17NO5. The van der Waals surface area contributed by atoms with Crippen molar-refractivity contribution in [1.82, 2.24) is 4.90 Å². The van der Waals surface area contributed by atoms with E-state index in [1.54, 1.807) is 11.8 Å². The highest BCUT2D eigenvalue weighted by Gasteiger charge is 2.20. The molecule has 0 saturated carbocycles. The summed E-state index contributed by atoms with van der Waals surface area (Å²) in [5.74, 6) is -1.57. The first-order valence-electron chi connectivity index (χ1n) is 5.72. The lowest BCUT2D eigenvalue weighted by atomic mass is 10.4. The molecule has 6 heteroatoms. The Morgan fingerprint density at radius 2 is 1.65 bits per heavy atom. The zero-order valence-corrected chi connectivity index (χ0v) is 9.94. The number of hydrogen-bond donors (Lipinski definition) is 0. The Kier molecular flexibility index (Phi) is 5.45. The minimum Gasteiger partial charge on any atom is -0.466 e. The molecule has 1 fully saturated rings. The number of nitrogens with zero attached hydrogens (tertiary/aromatic N) is 1. The Labute approximate surface area is 99.9 Å². The van der Waals surface area contributed by atoms with Crippen molar-refractivity contribution in [3.63, 3.8) is 0 Å². The second kappa shape index (κ2) is 6.88. The minimum absolute atomic E-state index is 0.209. The molecule has 0 atom stereocenters. The van der Waals surface area contributed by atoms with Crippen LogP contribution in [0.1, 0.15) is 26.2 Å². The highest BCUT2D eigenvalue weighted by molar-refractivity contribution is 5.92. The summed E-state index contributed by atoms with van der Waals surface area (Å²) in [5, 5.41) is 0. The van der Waals surface area contributed by atoms with Crippen molar-refractivity contribution < 1.29 is 23.9 Å². The number of esters is 2. The van der Waals surface area contributed by atoms with Gasteiger partial charge in [-0.05, 0) is 19.8 Å². The Balaban J connectivity index is 2.18. The van der Waals surface area contributed by atoms with Crippen molar-refractivity contribution in [3.05, 3.63) is 0 Å².